The number of likely N-dealkylation sites (tertiary alicyclic amines) is 1. The molecule has 6 amide bonds. The van der Waals surface area contributed by atoms with Gasteiger partial charge in [-0.3, -0.25) is 23.3 Å². The number of hydrogen-bond acceptors (Lipinski definition) is 10. The van der Waals surface area contributed by atoms with E-state index in [1.54, 1.807) is 65.3 Å². The zero-order valence-electron chi connectivity index (χ0n) is 36.6. The Morgan fingerprint density at radius 3 is 1.85 bits per heavy atom. The summed E-state index contributed by atoms with van der Waals surface area (Å²) in [6, 6.07) is 22.0. The van der Waals surface area contributed by atoms with Gasteiger partial charge in [0.2, 0.25) is 11.8 Å². The summed E-state index contributed by atoms with van der Waals surface area (Å²) in [4.78, 5) is 72.4. The van der Waals surface area contributed by atoms with Crippen molar-refractivity contribution in [2.75, 3.05) is 74.2 Å². The minimum Gasteiger partial charge on any atom is -0.367 e. The Bertz CT molecular complexity index is 3180. The van der Waals surface area contributed by atoms with Gasteiger partial charge >= 0.3 is 12.1 Å². The number of nitrogens with zero attached hydrogens (tertiary/aromatic N) is 8. The fourth-order valence-electron chi connectivity index (χ4n) is 8.20. The van der Waals surface area contributed by atoms with E-state index in [1.807, 2.05) is 21.4 Å². The van der Waals surface area contributed by atoms with Crippen molar-refractivity contribution >= 4 is 80.2 Å². The first-order valence-electron chi connectivity index (χ1n) is 21.7. The van der Waals surface area contributed by atoms with Crippen molar-refractivity contribution in [3.63, 3.8) is 0 Å². The maximum Gasteiger partial charge on any atom is 0.322 e. The quantitative estimate of drug-likeness (QED) is 0.0639. The van der Waals surface area contributed by atoms with E-state index < -0.39 is 23.6 Å². The Balaban J connectivity index is 0.881. The van der Waals surface area contributed by atoms with Crippen LogP contribution in [-0.4, -0.2) is 111 Å². The van der Waals surface area contributed by atoms with Crippen LogP contribution in [0.2, 0.25) is 0 Å². The molecular weight excluding hydrogens is 863 g/mol. The van der Waals surface area contributed by atoms with Crippen LogP contribution in [0.15, 0.2) is 97.3 Å². The molecule has 1 aliphatic heterocycles. The summed E-state index contributed by atoms with van der Waals surface area (Å²) in [6.07, 6.45) is 5.52. The largest absolute Gasteiger partial charge is 0.367 e. The molecule has 0 bridgehead atoms. The van der Waals surface area contributed by atoms with Crippen molar-refractivity contribution in [2.24, 2.45) is 0 Å². The second-order valence-corrected chi connectivity index (χ2v) is 15.8. The van der Waals surface area contributed by atoms with Crippen LogP contribution in [0.25, 0.3) is 55.9 Å². The molecule has 4 aromatic carbocycles. The Labute approximate surface area is 381 Å². The number of hydrogen-bond donors (Lipinski definition) is 6. The van der Waals surface area contributed by atoms with Gasteiger partial charge < -0.3 is 36.8 Å². The number of rotatable bonds is 15. The van der Waals surface area contributed by atoms with Crippen LogP contribution in [0, 0.1) is 11.6 Å². The molecule has 0 atom stereocenters. The first-order valence-corrected chi connectivity index (χ1v) is 21.7. The summed E-state index contributed by atoms with van der Waals surface area (Å²) in [5.41, 5.74) is 6.86. The van der Waals surface area contributed by atoms with Crippen molar-refractivity contribution in [3.8, 4) is 22.5 Å². The molecule has 9 rings (SSSR count). The molecule has 1 saturated heterocycles. The lowest BCUT2D eigenvalue weighted by molar-refractivity contribution is -0.127. The Hall–Kier alpha value is -8.42. The second-order valence-electron chi connectivity index (χ2n) is 15.8. The van der Waals surface area contributed by atoms with E-state index in [1.165, 1.54) is 43.3 Å². The summed E-state index contributed by atoms with van der Waals surface area (Å²) in [7, 11) is 3.00. The molecule has 4 aromatic heterocycles. The average Bonchev–Trinajstić information content (AvgIpc) is 4.11. The van der Waals surface area contributed by atoms with Gasteiger partial charge in [0.15, 0.2) is 22.9 Å². The van der Waals surface area contributed by atoms with Crippen molar-refractivity contribution in [1.82, 2.24) is 49.6 Å². The van der Waals surface area contributed by atoms with Crippen molar-refractivity contribution < 1.29 is 28.0 Å². The van der Waals surface area contributed by atoms with Crippen LogP contribution < -0.4 is 36.8 Å². The molecule has 8 aromatic rings. The number of amides is 6. The highest BCUT2D eigenvalue weighted by Gasteiger charge is 2.22. The highest BCUT2D eigenvalue weighted by atomic mass is 19.1. The first kappa shape index (κ1) is 43.8. The fourth-order valence-corrected chi connectivity index (χ4v) is 8.20. The molecule has 0 unspecified atom stereocenters. The van der Waals surface area contributed by atoms with Gasteiger partial charge in [0.25, 0.3) is 0 Å². The van der Waals surface area contributed by atoms with E-state index in [9.17, 15) is 28.0 Å². The van der Waals surface area contributed by atoms with Crippen LogP contribution in [0.1, 0.15) is 19.3 Å². The maximum absolute atomic E-state index is 14.7. The molecule has 0 spiro atoms. The topological polar surface area (TPSA) is 207 Å². The Kier molecular flexibility index (Phi) is 12.4. The lowest BCUT2D eigenvalue weighted by Crippen LogP contribution is -2.45. The second kappa shape index (κ2) is 19.0. The van der Waals surface area contributed by atoms with Gasteiger partial charge in [0.1, 0.15) is 18.2 Å². The van der Waals surface area contributed by atoms with Gasteiger partial charge in [-0.05, 0) is 61.4 Å². The highest BCUT2D eigenvalue weighted by Crippen LogP contribution is 2.32. The smallest absolute Gasteiger partial charge is 0.322 e. The highest BCUT2D eigenvalue weighted by molar-refractivity contribution is 5.98. The third-order valence-corrected chi connectivity index (χ3v) is 11.5. The SMILES string of the molecule is CNC(=O)Nc1ccc(-c2cnc3c(NCCNC(=O)CN(C(=O)NC)c4ccc(-c5cnc6c(NCCCN7CCCC7=O)nc7ccc(F)cc7n56)cc4)nc4ccc(F)cc4n23)cc1. The van der Waals surface area contributed by atoms with E-state index in [2.05, 4.69) is 41.9 Å². The standard InChI is InChI=1S/C47H46F2N14O4/c1-50-46(66)57-32-12-6-28(7-13-32)38-25-56-45-43(59-35-17-11-31(49)24-37(35)62(38)45)54-20-19-52-40(64)27-61(47(67)51-2)33-14-8-29(9-15-33)39-26-55-44-42(53-18-4-22-60-21-3-5-41(60)65)58-34-16-10-30(48)23-36(34)63(39)44/h6-17,23-26H,3-5,18-22,27H2,1-2H3,(H,51,67)(H,52,64)(H,53,58)(H,54,59)(H2,50,57,66). The maximum atomic E-state index is 14.7. The molecule has 0 saturated carbocycles. The van der Waals surface area contributed by atoms with Gasteiger partial charge in [0.05, 0.1) is 45.8 Å². The van der Waals surface area contributed by atoms with Gasteiger partial charge in [-0.15, -0.1) is 0 Å². The molecule has 6 N–H and O–H groups in total. The lowest BCUT2D eigenvalue weighted by atomic mass is 10.1. The first-order chi connectivity index (χ1) is 32.6. The van der Waals surface area contributed by atoms with Gasteiger partial charge in [0, 0.05) is 87.9 Å². The summed E-state index contributed by atoms with van der Waals surface area (Å²) in [5.74, 6) is -0.190. The number of carbonyl (C=O) groups is 4. The number of nitrogens with one attached hydrogen (secondary N) is 6. The molecule has 1 aliphatic rings. The Morgan fingerprint density at radius 1 is 0.716 bits per heavy atom. The minimum atomic E-state index is -0.500. The van der Waals surface area contributed by atoms with Crippen molar-refractivity contribution in [1.29, 1.82) is 0 Å². The summed E-state index contributed by atoms with van der Waals surface area (Å²) < 4.78 is 32.9. The Morgan fingerprint density at radius 2 is 1.30 bits per heavy atom. The van der Waals surface area contributed by atoms with Crippen LogP contribution in [0.4, 0.5) is 41.4 Å². The van der Waals surface area contributed by atoms with Crippen LogP contribution >= 0.6 is 0 Å². The van der Waals surface area contributed by atoms with Gasteiger partial charge in [-0.25, -0.2) is 38.3 Å². The van der Waals surface area contributed by atoms with Crippen LogP contribution in [0.5, 0.6) is 0 Å². The zero-order chi connectivity index (χ0) is 46.6. The van der Waals surface area contributed by atoms with Gasteiger partial charge in [-0.2, -0.15) is 0 Å². The number of aromatic nitrogens is 6. The van der Waals surface area contributed by atoms with E-state index in [0.29, 0.717) is 87.3 Å². The predicted molar refractivity (Wildman–Crippen MR) is 252 cm³/mol. The number of urea groups is 2. The number of carbonyl (C=O) groups excluding carboxylic acids is 4. The molecule has 342 valence electrons. The van der Waals surface area contributed by atoms with Gasteiger partial charge in [-0.1, -0.05) is 24.3 Å². The molecule has 1 fully saturated rings. The number of benzene rings is 4. The van der Waals surface area contributed by atoms with Crippen molar-refractivity contribution in [2.45, 2.75) is 19.3 Å². The fraction of sp³-hybridized carbons (Fsp3) is 0.234. The zero-order valence-corrected chi connectivity index (χ0v) is 36.6. The number of imidazole rings is 2. The third-order valence-electron chi connectivity index (χ3n) is 11.5. The monoisotopic (exact) mass is 908 g/mol. The summed E-state index contributed by atoms with van der Waals surface area (Å²) in [5, 5.41) is 17.3. The molecule has 67 heavy (non-hydrogen) atoms. The van der Waals surface area contributed by atoms with E-state index >= 15 is 0 Å². The average molecular weight is 909 g/mol. The molecule has 20 heteroatoms. The lowest BCUT2D eigenvalue weighted by Gasteiger charge is -2.22. The van der Waals surface area contributed by atoms with E-state index in [-0.39, 0.29) is 31.6 Å². The number of fused-ring (bicyclic) bond motifs is 6. The number of halogens is 2. The van der Waals surface area contributed by atoms with E-state index in [0.717, 1.165) is 30.5 Å². The third kappa shape index (κ3) is 9.13. The molecule has 0 aliphatic carbocycles. The van der Waals surface area contributed by atoms with Crippen LogP contribution in [0.3, 0.4) is 0 Å². The minimum absolute atomic E-state index is 0.161. The predicted octanol–water partition coefficient (Wildman–Crippen LogP) is 6.24. The molecule has 5 heterocycles. The van der Waals surface area contributed by atoms with Crippen molar-refractivity contribution in [3.05, 3.63) is 109 Å². The molecule has 18 nitrogen and oxygen atoms in total. The number of anilines is 4. The molecular formula is C47H46F2N14O4. The van der Waals surface area contributed by atoms with E-state index in [4.69, 9.17) is 9.97 Å². The normalized spacial score (nSPS) is 12.5. The van der Waals surface area contributed by atoms with Crippen LogP contribution in [-0.2, 0) is 9.59 Å². The summed E-state index contributed by atoms with van der Waals surface area (Å²) in [6.45, 7) is 2.07. The summed E-state index contributed by atoms with van der Waals surface area (Å²) >= 11 is 0. The molecule has 0 radical (unpaired) electrons.